The van der Waals surface area contributed by atoms with Gasteiger partial charge in [-0.15, -0.1) is 0 Å². The maximum atomic E-state index is 12.1. The third-order valence-electron chi connectivity index (χ3n) is 3.36. The van der Waals surface area contributed by atoms with Gasteiger partial charge in [0.1, 0.15) is 6.54 Å². The molecular weight excluding hydrogens is 330 g/mol. The summed E-state index contributed by atoms with van der Waals surface area (Å²) in [4.78, 5) is 28.1. The Bertz CT molecular complexity index is 1060. The first kappa shape index (κ1) is 15.9. The molecule has 0 aliphatic rings. The Balaban J connectivity index is 1.89. The van der Waals surface area contributed by atoms with Crippen molar-refractivity contribution in [3.63, 3.8) is 0 Å². The molecule has 0 spiro atoms. The summed E-state index contributed by atoms with van der Waals surface area (Å²) >= 11 is 0. The molecule has 122 valence electrons. The van der Waals surface area contributed by atoms with Gasteiger partial charge in [0.05, 0.1) is 22.1 Å². The summed E-state index contributed by atoms with van der Waals surface area (Å²) in [6.07, 6.45) is 1.10. The minimum Gasteiger partial charge on any atom is -0.296 e. The van der Waals surface area contributed by atoms with Crippen LogP contribution in [0.1, 0.15) is 0 Å². The topological polar surface area (TPSA) is 98.1 Å². The Morgan fingerprint density at radius 1 is 1.04 bits per heavy atom. The summed E-state index contributed by atoms with van der Waals surface area (Å²) in [6.45, 7) is -0.423. The summed E-state index contributed by atoms with van der Waals surface area (Å²) in [7, 11) is -3.98. The third-order valence-corrected chi connectivity index (χ3v) is 4.75. The fourth-order valence-electron chi connectivity index (χ4n) is 2.26. The molecule has 3 aromatic rings. The highest BCUT2D eigenvalue weighted by Gasteiger charge is 2.18. The highest BCUT2D eigenvalue weighted by Crippen LogP contribution is 2.09. The molecule has 0 aliphatic carbocycles. The lowest BCUT2D eigenvalue weighted by Crippen LogP contribution is -2.36. The molecule has 1 aromatic heterocycles. The number of para-hydroxylation sites is 2. The van der Waals surface area contributed by atoms with E-state index in [0.29, 0.717) is 11.0 Å². The van der Waals surface area contributed by atoms with Gasteiger partial charge in [-0.05, 0) is 24.3 Å². The molecule has 1 N–H and O–H groups in total. The Morgan fingerprint density at radius 3 is 2.46 bits per heavy atom. The number of nitrogens with one attached hydrogen (secondary N) is 1. The van der Waals surface area contributed by atoms with E-state index in [0.717, 1.165) is 6.20 Å². The van der Waals surface area contributed by atoms with Crippen molar-refractivity contribution in [2.24, 2.45) is 0 Å². The smallest absolute Gasteiger partial charge is 0.269 e. The lowest BCUT2D eigenvalue weighted by molar-refractivity contribution is -0.119. The molecule has 0 fully saturated rings. The van der Waals surface area contributed by atoms with Crippen molar-refractivity contribution in [2.45, 2.75) is 11.4 Å². The Morgan fingerprint density at radius 2 is 1.71 bits per heavy atom. The number of hydrogen-bond acceptors (Lipinski definition) is 5. The quantitative estimate of drug-likeness (QED) is 0.759. The van der Waals surface area contributed by atoms with Crippen LogP contribution in [0.4, 0.5) is 0 Å². The molecule has 0 aliphatic heterocycles. The Kier molecular flexibility index (Phi) is 4.13. The number of sulfonamides is 1. The van der Waals surface area contributed by atoms with Crippen LogP contribution in [0.5, 0.6) is 0 Å². The van der Waals surface area contributed by atoms with Gasteiger partial charge in [-0.2, -0.15) is 0 Å². The number of fused-ring (bicyclic) bond motifs is 1. The number of aromatic nitrogens is 2. The van der Waals surface area contributed by atoms with E-state index < -0.39 is 28.0 Å². The second-order valence-corrected chi connectivity index (χ2v) is 6.70. The fraction of sp³-hybridized carbons (Fsp3) is 0.0625. The normalized spacial score (nSPS) is 11.3. The van der Waals surface area contributed by atoms with Crippen molar-refractivity contribution in [2.75, 3.05) is 0 Å². The molecule has 0 atom stereocenters. The van der Waals surface area contributed by atoms with Gasteiger partial charge in [0.2, 0.25) is 0 Å². The van der Waals surface area contributed by atoms with Gasteiger partial charge in [0.25, 0.3) is 21.5 Å². The van der Waals surface area contributed by atoms with Crippen molar-refractivity contribution < 1.29 is 13.2 Å². The summed E-state index contributed by atoms with van der Waals surface area (Å²) in [6, 6.07) is 14.3. The van der Waals surface area contributed by atoms with E-state index in [-0.39, 0.29) is 4.90 Å². The number of benzene rings is 2. The maximum absolute atomic E-state index is 12.1. The highest BCUT2D eigenvalue weighted by molar-refractivity contribution is 7.90. The van der Waals surface area contributed by atoms with Crippen molar-refractivity contribution >= 4 is 27.0 Å². The van der Waals surface area contributed by atoms with E-state index in [1.54, 1.807) is 42.5 Å². The average Bonchev–Trinajstić information content (AvgIpc) is 2.58. The first-order valence-electron chi connectivity index (χ1n) is 7.03. The molecule has 1 amide bonds. The molecule has 7 nitrogen and oxygen atoms in total. The third kappa shape index (κ3) is 3.18. The van der Waals surface area contributed by atoms with Crippen LogP contribution in [0, 0.1) is 0 Å². The number of hydrogen-bond donors (Lipinski definition) is 1. The number of amides is 1. The van der Waals surface area contributed by atoms with Gasteiger partial charge in [-0.3, -0.25) is 14.2 Å². The van der Waals surface area contributed by atoms with Crippen LogP contribution in [-0.2, 0) is 21.4 Å². The monoisotopic (exact) mass is 343 g/mol. The average molecular weight is 343 g/mol. The summed E-state index contributed by atoms with van der Waals surface area (Å²) < 4.78 is 27.4. The zero-order valence-electron chi connectivity index (χ0n) is 12.4. The summed E-state index contributed by atoms with van der Waals surface area (Å²) in [5, 5.41) is 0. The number of carbonyl (C=O) groups is 1. The van der Waals surface area contributed by atoms with E-state index in [9.17, 15) is 18.0 Å². The van der Waals surface area contributed by atoms with Gasteiger partial charge in [-0.1, -0.05) is 30.3 Å². The zero-order valence-corrected chi connectivity index (χ0v) is 13.2. The summed E-state index contributed by atoms with van der Waals surface area (Å²) in [5.74, 6) is -0.808. The van der Waals surface area contributed by atoms with Crippen LogP contribution >= 0.6 is 0 Å². The van der Waals surface area contributed by atoms with E-state index in [2.05, 4.69) is 4.98 Å². The predicted molar refractivity (Wildman–Crippen MR) is 87.8 cm³/mol. The van der Waals surface area contributed by atoms with Crippen molar-refractivity contribution in [3.8, 4) is 0 Å². The minimum atomic E-state index is -3.98. The molecule has 1 heterocycles. The first-order chi connectivity index (χ1) is 11.5. The van der Waals surface area contributed by atoms with Gasteiger partial charge in [0, 0.05) is 0 Å². The molecule has 0 saturated carbocycles. The Labute approximate surface area is 137 Å². The molecule has 24 heavy (non-hydrogen) atoms. The van der Waals surface area contributed by atoms with Crippen LogP contribution in [0.15, 0.2) is 70.5 Å². The van der Waals surface area contributed by atoms with Crippen molar-refractivity contribution in [3.05, 3.63) is 71.1 Å². The molecule has 0 radical (unpaired) electrons. The second-order valence-electron chi connectivity index (χ2n) is 5.01. The number of nitrogens with zero attached hydrogens (tertiary/aromatic N) is 2. The van der Waals surface area contributed by atoms with Gasteiger partial charge in [0.15, 0.2) is 0 Å². The van der Waals surface area contributed by atoms with E-state index in [1.165, 1.54) is 16.7 Å². The molecule has 0 unspecified atom stereocenters. The van der Waals surface area contributed by atoms with Crippen molar-refractivity contribution in [1.29, 1.82) is 0 Å². The fourth-order valence-corrected chi connectivity index (χ4v) is 3.26. The lowest BCUT2D eigenvalue weighted by atomic mass is 10.3. The Hall–Kier alpha value is -3.00. The molecule has 8 heteroatoms. The predicted octanol–water partition coefficient (Wildman–Crippen LogP) is 0.902. The summed E-state index contributed by atoms with van der Waals surface area (Å²) in [5.41, 5.74) is 0.508. The van der Waals surface area contributed by atoms with Crippen LogP contribution in [0.25, 0.3) is 11.0 Å². The van der Waals surface area contributed by atoms with E-state index in [1.807, 2.05) is 4.72 Å². The highest BCUT2D eigenvalue weighted by atomic mass is 32.2. The largest absolute Gasteiger partial charge is 0.296 e. The maximum Gasteiger partial charge on any atom is 0.269 e. The molecule has 3 rings (SSSR count). The molecule has 0 saturated heterocycles. The minimum absolute atomic E-state index is 0.0229. The molecule has 0 bridgehead atoms. The lowest BCUT2D eigenvalue weighted by Gasteiger charge is -2.10. The molecule has 2 aromatic carbocycles. The molecular formula is C16H13N3O4S. The standard InChI is InChI=1S/C16H13N3O4S/c20-15(18-24(22,23)12-6-2-1-3-7-12)11-19-14-9-5-4-8-13(14)17-10-16(19)21/h1-10H,11H2,(H,18,20). The second kappa shape index (κ2) is 6.25. The SMILES string of the molecule is O=C(Cn1c(=O)cnc2ccccc21)NS(=O)(=O)c1ccccc1. The van der Waals surface area contributed by atoms with Crippen LogP contribution in [0.3, 0.4) is 0 Å². The first-order valence-corrected chi connectivity index (χ1v) is 8.51. The van der Waals surface area contributed by atoms with E-state index >= 15 is 0 Å². The van der Waals surface area contributed by atoms with Crippen LogP contribution < -0.4 is 10.3 Å². The van der Waals surface area contributed by atoms with Gasteiger partial charge >= 0.3 is 0 Å². The van der Waals surface area contributed by atoms with Gasteiger partial charge < -0.3 is 0 Å². The van der Waals surface area contributed by atoms with Crippen LogP contribution in [-0.4, -0.2) is 23.9 Å². The number of carbonyl (C=O) groups excluding carboxylic acids is 1. The zero-order chi connectivity index (χ0) is 17.2. The number of rotatable bonds is 4. The van der Waals surface area contributed by atoms with Crippen molar-refractivity contribution in [1.82, 2.24) is 14.3 Å². The van der Waals surface area contributed by atoms with Gasteiger partial charge in [-0.25, -0.2) is 18.1 Å². The van der Waals surface area contributed by atoms with Crippen LogP contribution in [0.2, 0.25) is 0 Å². The van der Waals surface area contributed by atoms with E-state index in [4.69, 9.17) is 0 Å².